The van der Waals surface area contributed by atoms with E-state index in [4.69, 9.17) is 5.11 Å². The van der Waals surface area contributed by atoms with Gasteiger partial charge >= 0.3 is 5.97 Å². The summed E-state index contributed by atoms with van der Waals surface area (Å²) in [7, 11) is 0. The number of nitrogens with zero attached hydrogens (tertiary/aromatic N) is 1. The Hall–Kier alpha value is -3.24. The predicted molar refractivity (Wildman–Crippen MR) is 108 cm³/mol. The monoisotopic (exact) mass is 357 g/mol. The summed E-state index contributed by atoms with van der Waals surface area (Å²) in [5, 5.41) is 11.4. The molecule has 26 heavy (non-hydrogen) atoms. The predicted octanol–water partition coefficient (Wildman–Crippen LogP) is 6.02. The topological polar surface area (TPSA) is 49.7 Å². The van der Waals surface area contributed by atoms with Gasteiger partial charge in [0.1, 0.15) is 0 Å². The lowest BCUT2D eigenvalue weighted by Crippen LogP contribution is -1.94. The summed E-state index contributed by atoms with van der Waals surface area (Å²) >= 11 is 1.68. The first-order chi connectivity index (χ1) is 12.7. The molecule has 0 aliphatic rings. The molecule has 0 amide bonds. The van der Waals surface area contributed by atoms with Crippen LogP contribution in [0.5, 0.6) is 0 Å². The lowest BCUT2D eigenvalue weighted by molar-refractivity contribution is 0.0697. The maximum absolute atomic E-state index is 10.9. The van der Waals surface area contributed by atoms with Gasteiger partial charge in [-0.15, -0.1) is 11.3 Å². The fraction of sp³-hybridized carbons (Fsp3) is 0. The highest BCUT2D eigenvalue weighted by Crippen LogP contribution is 2.33. The molecule has 3 aromatic carbocycles. The van der Waals surface area contributed by atoms with Gasteiger partial charge in [0, 0.05) is 16.0 Å². The first-order valence-electron chi connectivity index (χ1n) is 8.16. The average molecular weight is 357 g/mol. The number of hydrogen-bond donors (Lipinski definition) is 1. The molecule has 0 fully saturated rings. The number of thiophene rings is 1. The van der Waals surface area contributed by atoms with Crippen molar-refractivity contribution in [1.29, 1.82) is 0 Å². The third-order valence-electron chi connectivity index (χ3n) is 4.14. The molecule has 0 radical (unpaired) electrons. The zero-order valence-corrected chi connectivity index (χ0v) is 14.6. The van der Waals surface area contributed by atoms with Gasteiger partial charge < -0.3 is 5.11 Å². The molecule has 4 aromatic rings. The van der Waals surface area contributed by atoms with E-state index in [1.165, 1.54) is 21.2 Å². The van der Waals surface area contributed by atoms with E-state index in [1.807, 2.05) is 12.3 Å². The molecule has 3 nitrogen and oxygen atoms in total. The van der Waals surface area contributed by atoms with E-state index in [-0.39, 0.29) is 5.56 Å². The van der Waals surface area contributed by atoms with Gasteiger partial charge in [0.05, 0.1) is 11.3 Å². The molecule has 0 aliphatic carbocycles. The first-order valence-corrected chi connectivity index (χ1v) is 8.98. The molecule has 0 bridgehead atoms. The largest absolute Gasteiger partial charge is 0.478 e. The van der Waals surface area contributed by atoms with Crippen LogP contribution in [0, 0.1) is 0 Å². The lowest BCUT2D eigenvalue weighted by atomic mass is 10.0. The van der Waals surface area contributed by atoms with Crippen LogP contribution in [0.25, 0.3) is 21.2 Å². The van der Waals surface area contributed by atoms with Crippen LogP contribution in [0.3, 0.4) is 0 Å². The van der Waals surface area contributed by atoms with Gasteiger partial charge in [0.15, 0.2) is 0 Å². The van der Waals surface area contributed by atoms with E-state index in [0.717, 1.165) is 10.6 Å². The molecular formula is C22H15NO2S. The Labute approximate surface area is 154 Å². The van der Waals surface area contributed by atoms with E-state index >= 15 is 0 Å². The van der Waals surface area contributed by atoms with Crippen LogP contribution in [0.2, 0.25) is 0 Å². The van der Waals surface area contributed by atoms with Crippen molar-refractivity contribution in [2.75, 3.05) is 0 Å². The molecule has 4 rings (SSSR count). The van der Waals surface area contributed by atoms with Gasteiger partial charge in [-0.2, -0.15) is 0 Å². The third-order valence-corrected chi connectivity index (χ3v) is 5.19. The van der Waals surface area contributed by atoms with Crippen molar-refractivity contribution in [2.24, 2.45) is 4.99 Å². The number of fused-ring (bicyclic) bond motifs is 1. The first kappa shape index (κ1) is 16.2. The SMILES string of the molecule is O=C(O)c1ccc(N=Cc2ccc(-c3cccc4ccccc34)s2)cc1. The van der Waals surface area contributed by atoms with Crippen LogP contribution >= 0.6 is 11.3 Å². The molecule has 1 aromatic heterocycles. The second kappa shape index (κ2) is 6.94. The van der Waals surface area contributed by atoms with Crippen LogP contribution in [-0.2, 0) is 0 Å². The highest BCUT2D eigenvalue weighted by molar-refractivity contribution is 7.17. The number of aromatic carboxylic acids is 1. The van der Waals surface area contributed by atoms with Gasteiger partial charge in [0.25, 0.3) is 0 Å². The summed E-state index contributed by atoms with van der Waals surface area (Å²) in [6.07, 6.45) is 1.81. The molecule has 1 heterocycles. The van der Waals surface area contributed by atoms with Crippen molar-refractivity contribution < 1.29 is 9.90 Å². The van der Waals surface area contributed by atoms with Crippen LogP contribution in [0.15, 0.2) is 83.9 Å². The molecule has 0 unspecified atom stereocenters. The fourth-order valence-electron chi connectivity index (χ4n) is 2.84. The Morgan fingerprint density at radius 1 is 0.885 bits per heavy atom. The number of benzene rings is 3. The Morgan fingerprint density at radius 3 is 2.46 bits per heavy atom. The van der Waals surface area contributed by atoms with Crippen LogP contribution < -0.4 is 0 Å². The van der Waals surface area contributed by atoms with E-state index in [1.54, 1.807) is 35.6 Å². The molecule has 126 valence electrons. The number of carboxylic acids is 1. The van der Waals surface area contributed by atoms with Crippen LogP contribution in [0.4, 0.5) is 5.69 Å². The maximum Gasteiger partial charge on any atom is 0.335 e. The van der Waals surface area contributed by atoms with Gasteiger partial charge in [0.2, 0.25) is 0 Å². The number of carbonyl (C=O) groups is 1. The minimum Gasteiger partial charge on any atom is -0.478 e. The van der Waals surface area contributed by atoms with Crippen molar-refractivity contribution in [3.63, 3.8) is 0 Å². The zero-order valence-electron chi connectivity index (χ0n) is 13.8. The Bertz CT molecular complexity index is 1110. The summed E-state index contributed by atoms with van der Waals surface area (Å²) in [5.74, 6) is -0.932. The summed E-state index contributed by atoms with van der Waals surface area (Å²) in [6, 6.07) is 25.4. The highest BCUT2D eigenvalue weighted by Gasteiger charge is 2.06. The molecule has 0 aliphatic heterocycles. The summed E-state index contributed by atoms with van der Waals surface area (Å²) in [5.41, 5.74) is 2.21. The van der Waals surface area contributed by atoms with Crippen molar-refractivity contribution in [3.05, 3.63) is 89.3 Å². The van der Waals surface area contributed by atoms with Gasteiger partial charge in [-0.25, -0.2) is 4.79 Å². The summed E-state index contributed by atoms with van der Waals surface area (Å²) in [4.78, 5) is 17.6. The van der Waals surface area contributed by atoms with Crippen LogP contribution in [-0.4, -0.2) is 17.3 Å². The maximum atomic E-state index is 10.9. The Balaban J connectivity index is 1.60. The van der Waals surface area contributed by atoms with Gasteiger partial charge in [-0.05, 0) is 52.7 Å². The standard InChI is InChI=1S/C22H15NO2S/c24-22(25)16-8-10-17(11-9-16)23-14-18-12-13-21(26-18)20-7-3-5-15-4-1-2-6-19(15)20/h1-14H,(H,24,25). The van der Waals surface area contributed by atoms with E-state index in [2.05, 4.69) is 53.5 Å². The van der Waals surface area contributed by atoms with Crippen molar-refractivity contribution in [2.45, 2.75) is 0 Å². The van der Waals surface area contributed by atoms with E-state index in [9.17, 15) is 4.79 Å². The van der Waals surface area contributed by atoms with Crippen molar-refractivity contribution in [1.82, 2.24) is 0 Å². The van der Waals surface area contributed by atoms with E-state index < -0.39 is 5.97 Å². The lowest BCUT2D eigenvalue weighted by Gasteiger charge is -2.03. The summed E-state index contributed by atoms with van der Waals surface area (Å²) in [6.45, 7) is 0. The second-order valence-electron chi connectivity index (χ2n) is 5.84. The smallest absolute Gasteiger partial charge is 0.335 e. The number of aliphatic imine (C=N–C) groups is 1. The number of hydrogen-bond acceptors (Lipinski definition) is 3. The van der Waals surface area contributed by atoms with Crippen molar-refractivity contribution >= 4 is 40.0 Å². The van der Waals surface area contributed by atoms with Gasteiger partial charge in [-0.1, -0.05) is 42.5 Å². The normalized spacial score (nSPS) is 11.2. The highest BCUT2D eigenvalue weighted by atomic mass is 32.1. The molecule has 4 heteroatoms. The minimum atomic E-state index is -0.932. The van der Waals surface area contributed by atoms with Crippen LogP contribution in [0.1, 0.15) is 15.2 Å². The molecule has 0 saturated heterocycles. The Morgan fingerprint density at radius 2 is 1.65 bits per heavy atom. The van der Waals surface area contributed by atoms with Gasteiger partial charge in [-0.3, -0.25) is 4.99 Å². The number of carboxylic acid groups (broad SMARTS) is 1. The molecule has 0 spiro atoms. The zero-order chi connectivity index (χ0) is 17.9. The van der Waals surface area contributed by atoms with E-state index in [0.29, 0.717) is 0 Å². The minimum absolute atomic E-state index is 0.262. The molecule has 1 N–H and O–H groups in total. The summed E-state index contributed by atoms with van der Waals surface area (Å²) < 4.78 is 0. The van der Waals surface area contributed by atoms with Crippen molar-refractivity contribution in [3.8, 4) is 10.4 Å². The molecule has 0 saturated carbocycles. The molecule has 0 atom stereocenters. The Kier molecular flexibility index (Phi) is 4.33. The quantitative estimate of drug-likeness (QED) is 0.454. The fourth-order valence-corrected chi connectivity index (χ4v) is 3.75. The average Bonchev–Trinajstić information content (AvgIpc) is 3.15. The number of rotatable bonds is 4. The third kappa shape index (κ3) is 3.27. The second-order valence-corrected chi connectivity index (χ2v) is 6.95. The molecular weight excluding hydrogens is 342 g/mol.